The van der Waals surface area contributed by atoms with Crippen molar-refractivity contribution in [3.8, 4) is 11.5 Å². The van der Waals surface area contributed by atoms with Gasteiger partial charge in [0.15, 0.2) is 11.5 Å². The summed E-state index contributed by atoms with van der Waals surface area (Å²) in [5.74, 6) is 3.02. The Balaban J connectivity index is 1.45. The fourth-order valence-corrected chi connectivity index (χ4v) is 5.15. The van der Waals surface area contributed by atoms with Crippen LogP contribution in [0.5, 0.6) is 11.5 Å². The van der Waals surface area contributed by atoms with Crippen LogP contribution in [0.4, 0.5) is 5.69 Å². The molecule has 0 aliphatic carbocycles. The number of pyridine rings is 1. The van der Waals surface area contributed by atoms with Crippen molar-refractivity contribution in [1.29, 1.82) is 0 Å². The molecule has 2 aromatic rings. The summed E-state index contributed by atoms with van der Waals surface area (Å²) < 4.78 is 17.2. The molecule has 0 saturated carbocycles. The number of ether oxygens (including phenoxy) is 3. The van der Waals surface area contributed by atoms with Gasteiger partial charge in [0, 0.05) is 47.8 Å². The van der Waals surface area contributed by atoms with Crippen LogP contribution in [-0.4, -0.2) is 37.1 Å². The standard InChI is InChI=1S/C19H20N2O3/c1-10-4-15(11-5-18-19(23-9-22-18)6-14(11)20-10)21-7-12-13(8-21)17-3-2-16(12)24-17/h4-6,12-13,16-17H,2-3,7-9H2,1H3/t12-,13+,16+,17-. The molecule has 3 fully saturated rings. The van der Waals surface area contributed by atoms with Crippen LogP contribution in [0.1, 0.15) is 18.5 Å². The van der Waals surface area contributed by atoms with Crippen LogP contribution in [0.3, 0.4) is 0 Å². The van der Waals surface area contributed by atoms with Crippen LogP contribution in [0, 0.1) is 18.8 Å². The summed E-state index contributed by atoms with van der Waals surface area (Å²) >= 11 is 0. The van der Waals surface area contributed by atoms with Crippen molar-refractivity contribution < 1.29 is 14.2 Å². The molecule has 0 N–H and O–H groups in total. The second kappa shape index (κ2) is 4.54. The van der Waals surface area contributed by atoms with Crippen LogP contribution in [0.25, 0.3) is 10.9 Å². The maximum Gasteiger partial charge on any atom is 0.231 e. The number of benzene rings is 1. The Morgan fingerprint density at radius 2 is 1.71 bits per heavy atom. The minimum Gasteiger partial charge on any atom is -0.454 e. The van der Waals surface area contributed by atoms with Gasteiger partial charge in [-0.2, -0.15) is 0 Å². The Morgan fingerprint density at radius 3 is 2.46 bits per heavy atom. The van der Waals surface area contributed by atoms with Crippen molar-refractivity contribution in [2.24, 2.45) is 11.8 Å². The number of aromatic nitrogens is 1. The molecule has 24 heavy (non-hydrogen) atoms. The SMILES string of the molecule is Cc1cc(N2C[C@@H]3[C@H](C2)[C@H]2CC[C@@H]3O2)c2cc3c(cc2n1)OCO3. The molecule has 4 aliphatic heterocycles. The van der Waals surface area contributed by atoms with E-state index in [1.165, 1.54) is 18.5 Å². The lowest BCUT2D eigenvalue weighted by molar-refractivity contribution is 0.0850. The number of anilines is 1. The molecule has 5 heteroatoms. The lowest BCUT2D eigenvalue weighted by Gasteiger charge is -2.23. The van der Waals surface area contributed by atoms with Gasteiger partial charge in [-0.05, 0) is 31.9 Å². The summed E-state index contributed by atoms with van der Waals surface area (Å²) in [4.78, 5) is 7.26. The maximum atomic E-state index is 6.12. The molecule has 2 bridgehead atoms. The summed E-state index contributed by atoms with van der Waals surface area (Å²) in [5.41, 5.74) is 3.32. The Bertz CT molecular complexity index is 834. The number of fused-ring (bicyclic) bond motifs is 7. The summed E-state index contributed by atoms with van der Waals surface area (Å²) in [6.45, 7) is 4.56. The van der Waals surface area contributed by atoms with E-state index >= 15 is 0 Å². The molecule has 1 aromatic heterocycles. The summed E-state index contributed by atoms with van der Waals surface area (Å²) in [7, 11) is 0. The van der Waals surface area contributed by atoms with Gasteiger partial charge in [-0.15, -0.1) is 0 Å². The average molecular weight is 324 g/mol. The van der Waals surface area contributed by atoms with E-state index in [1.807, 2.05) is 6.07 Å². The average Bonchev–Trinajstić information content (AvgIpc) is 3.32. The van der Waals surface area contributed by atoms with E-state index in [-0.39, 0.29) is 0 Å². The number of rotatable bonds is 1. The van der Waals surface area contributed by atoms with Crippen LogP contribution >= 0.6 is 0 Å². The molecule has 0 amide bonds. The van der Waals surface area contributed by atoms with Crippen LogP contribution < -0.4 is 14.4 Å². The number of aryl methyl sites for hydroxylation is 1. The first kappa shape index (κ1) is 13.3. The van der Waals surface area contributed by atoms with Crippen molar-refractivity contribution in [1.82, 2.24) is 4.98 Å². The van der Waals surface area contributed by atoms with Crippen molar-refractivity contribution in [2.75, 3.05) is 24.8 Å². The minimum absolute atomic E-state index is 0.300. The minimum atomic E-state index is 0.300. The number of nitrogens with zero attached hydrogens (tertiary/aromatic N) is 2. The van der Waals surface area contributed by atoms with E-state index in [1.54, 1.807) is 0 Å². The number of hydrogen-bond acceptors (Lipinski definition) is 5. The fraction of sp³-hybridized carbons (Fsp3) is 0.526. The first-order chi connectivity index (χ1) is 11.8. The zero-order valence-corrected chi connectivity index (χ0v) is 13.7. The van der Waals surface area contributed by atoms with Gasteiger partial charge in [0.1, 0.15) is 0 Å². The second-order valence-corrected chi connectivity index (χ2v) is 7.53. The van der Waals surface area contributed by atoms with Gasteiger partial charge in [0.2, 0.25) is 6.79 Å². The van der Waals surface area contributed by atoms with Crippen molar-refractivity contribution in [2.45, 2.75) is 32.0 Å². The molecule has 124 valence electrons. The smallest absolute Gasteiger partial charge is 0.231 e. The van der Waals surface area contributed by atoms with Gasteiger partial charge in [-0.1, -0.05) is 0 Å². The highest BCUT2D eigenvalue weighted by Gasteiger charge is 2.53. The topological polar surface area (TPSA) is 43.8 Å². The lowest BCUT2D eigenvalue weighted by Crippen LogP contribution is -2.24. The molecule has 0 spiro atoms. The van der Waals surface area contributed by atoms with E-state index in [2.05, 4.69) is 24.0 Å². The number of hydrogen-bond donors (Lipinski definition) is 0. The van der Waals surface area contributed by atoms with Crippen LogP contribution in [-0.2, 0) is 4.74 Å². The Morgan fingerprint density at radius 1 is 1.00 bits per heavy atom. The molecule has 5 heterocycles. The second-order valence-electron chi connectivity index (χ2n) is 7.53. The molecule has 0 unspecified atom stereocenters. The van der Waals surface area contributed by atoms with E-state index in [9.17, 15) is 0 Å². The lowest BCUT2D eigenvalue weighted by atomic mass is 9.82. The summed E-state index contributed by atoms with van der Waals surface area (Å²) in [6, 6.07) is 6.32. The van der Waals surface area contributed by atoms with Gasteiger partial charge < -0.3 is 19.1 Å². The van der Waals surface area contributed by atoms with Crippen molar-refractivity contribution >= 4 is 16.6 Å². The highest BCUT2D eigenvalue weighted by Crippen LogP contribution is 2.49. The highest BCUT2D eigenvalue weighted by molar-refractivity contribution is 5.94. The molecular weight excluding hydrogens is 304 g/mol. The molecular formula is C19H20N2O3. The Hall–Kier alpha value is -2.01. The van der Waals surface area contributed by atoms with Gasteiger partial charge in [0.25, 0.3) is 0 Å². The molecule has 3 saturated heterocycles. The van der Waals surface area contributed by atoms with Crippen LogP contribution in [0.15, 0.2) is 18.2 Å². The quantitative estimate of drug-likeness (QED) is 0.807. The normalized spacial score (nSPS) is 32.8. The Kier molecular flexibility index (Phi) is 2.51. The van der Waals surface area contributed by atoms with E-state index in [4.69, 9.17) is 19.2 Å². The summed E-state index contributed by atoms with van der Waals surface area (Å²) in [5, 5.41) is 1.16. The first-order valence-corrected chi connectivity index (χ1v) is 8.88. The molecule has 4 atom stereocenters. The molecule has 1 aromatic carbocycles. The van der Waals surface area contributed by atoms with Crippen LogP contribution in [0.2, 0.25) is 0 Å². The van der Waals surface area contributed by atoms with Crippen molar-refractivity contribution in [3.63, 3.8) is 0 Å². The van der Waals surface area contributed by atoms with Gasteiger partial charge in [-0.3, -0.25) is 4.98 Å². The first-order valence-electron chi connectivity index (χ1n) is 8.88. The molecule has 4 aliphatic rings. The zero-order chi connectivity index (χ0) is 15.8. The van der Waals surface area contributed by atoms with Gasteiger partial charge in [-0.25, -0.2) is 0 Å². The van der Waals surface area contributed by atoms with Crippen molar-refractivity contribution in [3.05, 3.63) is 23.9 Å². The van der Waals surface area contributed by atoms with E-state index in [0.29, 0.717) is 30.8 Å². The van der Waals surface area contributed by atoms with Gasteiger partial charge >= 0.3 is 0 Å². The largest absolute Gasteiger partial charge is 0.454 e. The maximum absolute atomic E-state index is 6.12. The molecule has 0 radical (unpaired) electrons. The Labute approximate surface area is 140 Å². The zero-order valence-electron chi connectivity index (χ0n) is 13.7. The third-order valence-corrected chi connectivity index (χ3v) is 6.20. The third-order valence-electron chi connectivity index (χ3n) is 6.20. The van der Waals surface area contributed by atoms with E-state index in [0.717, 1.165) is 41.2 Å². The fourth-order valence-electron chi connectivity index (χ4n) is 5.15. The third kappa shape index (κ3) is 1.71. The molecule has 6 rings (SSSR count). The highest BCUT2D eigenvalue weighted by atomic mass is 16.7. The molecule has 5 nitrogen and oxygen atoms in total. The van der Waals surface area contributed by atoms with Gasteiger partial charge in [0.05, 0.1) is 17.7 Å². The van der Waals surface area contributed by atoms with E-state index < -0.39 is 0 Å². The summed E-state index contributed by atoms with van der Waals surface area (Å²) in [6.07, 6.45) is 3.46. The predicted octanol–water partition coefficient (Wildman–Crippen LogP) is 2.89. The predicted molar refractivity (Wildman–Crippen MR) is 89.7 cm³/mol. The monoisotopic (exact) mass is 324 g/mol.